The normalized spacial score (nSPS) is 21.8. The van der Waals surface area contributed by atoms with Crippen LogP contribution in [0.2, 0.25) is 0 Å². The van der Waals surface area contributed by atoms with Crippen LogP contribution in [0, 0.1) is 0 Å². The third kappa shape index (κ3) is 5.90. The van der Waals surface area contributed by atoms with Crippen molar-refractivity contribution in [1.82, 2.24) is 19.8 Å². The summed E-state index contributed by atoms with van der Waals surface area (Å²) < 4.78 is 0. The zero-order chi connectivity index (χ0) is 26.3. The third-order valence-corrected chi connectivity index (χ3v) is 7.21. The molecule has 0 radical (unpaired) electrons. The molecule has 194 valence electrons. The lowest BCUT2D eigenvalue weighted by molar-refractivity contribution is -0.0408. The van der Waals surface area contributed by atoms with Crippen LogP contribution < -0.4 is 0 Å². The van der Waals surface area contributed by atoms with E-state index in [1.54, 1.807) is 34.6 Å². The molecule has 38 heavy (non-hydrogen) atoms. The molecule has 1 aliphatic rings. The molecule has 0 saturated carbocycles. The summed E-state index contributed by atoms with van der Waals surface area (Å²) in [5.41, 5.74) is 3.77. The van der Waals surface area contributed by atoms with E-state index in [1.165, 1.54) is 0 Å². The Labute approximate surface area is 223 Å². The minimum absolute atomic E-state index is 0.226. The summed E-state index contributed by atoms with van der Waals surface area (Å²) in [7, 11) is 0. The fourth-order valence-corrected chi connectivity index (χ4v) is 5.19. The molecule has 0 unspecified atom stereocenters. The number of hydrogen-bond acceptors (Lipinski definition) is 5. The molecule has 5 rings (SSSR count). The third-order valence-electron chi connectivity index (χ3n) is 7.21. The summed E-state index contributed by atoms with van der Waals surface area (Å²) in [6.45, 7) is 0.571. The fourth-order valence-electron chi connectivity index (χ4n) is 5.19. The van der Waals surface area contributed by atoms with Crippen molar-refractivity contribution in [1.29, 1.82) is 0 Å². The van der Waals surface area contributed by atoms with E-state index >= 15 is 0 Å². The monoisotopic (exact) mass is 508 g/mol. The topological polar surface area (TPSA) is 89.8 Å². The first-order valence-electron chi connectivity index (χ1n) is 12.9. The molecule has 1 saturated heterocycles. The highest BCUT2D eigenvalue weighted by molar-refractivity contribution is 5.76. The number of aromatic nitrogens is 2. The summed E-state index contributed by atoms with van der Waals surface area (Å²) in [4.78, 5) is 26.1. The van der Waals surface area contributed by atoms with Crippen LogP contribution in [0.5, 0.6) is 0 Å². The number of rotatable bonds is 8. The molecule has 7 heteroatoms. The van der Waals surface area contributed by atoms with Gasteiger partial charge in [-0.3, -0.25) is 9.97 Å². The van der Waals surface area contributed by atoms with Gasteiger partial charge in [0.15, 0.2) is 0 Å². The molecule has 4 atom stereocenters. The highest BCUT2D eigenvalue weighted by Gasteiger charge is 2.46. The maximum absolute atomic E-state index is 14.4. The van der Waals surface area contributed by atoms with Crippen LogP contribution in [0.15, 0.2) is 110 Å². The molecule has 0 bridgehead atoms. The van der Waals surface area contributed by atoms with Gasteiger partial charge in [0.2, 0.25) is 0 Å². The van der Waals surface area contributed by atoms with Crippen LogP contribution in [0.3, 0.4) is 0 Å². The maximum Gasteiger partial charge on any atom is 0.321 e. The lowest BCUT2D eigenvalue weighted by atomic mass is 9.91. The Bertz CT molecular complexity index is 1190. The zero-order valence-electron chi connectivity index (χ0n) is 21.1. The maximum atomic E-state index is 14.4. The van der Waals surface area contributed by atoms with E-state index in [0.29, 0.717) is 12.8 Å². The SMILES string of the molecule is O=C1N(Cc2ccncc2)[C@H](Cc2ccccc2)[C@H](O)[C@@H](O)[C@@H](Cc2ccccc2)N1Cc1ccncc1. The largest absolute Gasteiger partial charge is 0.388 e. The fraction of sp³-hybridized carbons (Fsp3) is 0.258. The second-order valence-corrected chi connectivity index (χ2v) is 9.74. The highest BCUT2D eigenvalue weighted by Crippen LogP contribution is 2.29. The number of carbonyl (C=O) groups excluding carboxylic acids is 1. The minimum atomic E-state index is -1.16. The number of aliphatic hydroxyl groups is 2. The number of hydrogen-bond donors (Lipinski definition) is 2. The van der Waals surface area contributed by atoms with Gasteiger partial charge in [-0.2, -0.15) is 0 Å². The quantitative estimate of drug-likeness (QED) is 0.377. The molecule has 3 heterocycles. The smallest absolute Gasteiger partial charge is 0.321 e. The Morgan fingerprint density at radius 2 is 0.921 bits per heavy atom. The molecular weight excluding hydrogens is 476 g/mol. The van der Waals surface area contributed by atoms with Crippen molar-refractivity contribution < 1.29 is 15.0 Å². The summed E-state index contributed by atoms with van der Waals surface area (Å²) in [6, 6.07) is 25.6. The van der Waals surface area contributed by atoms with E-state index in [2.05, 4.69) is 9.97 Å². The number of benzene rings is 2. The highest BCUT2D eigenvalue weighted by atomic mass is 16.3. The van der Waals surface area contributed by atoms with Gasteiger partial charge < -0.3 is 20.0 Å². The van der Waals surface area contributed by atoms with Crippen molar-refractivity contribution >= 4 is 6.03 Å². The van der Waals surface area contributed by atoms with Crippen molar-refractivity contribution in [2.24, 2.45) is 0 Å². The van der Waals surface area contributed by atoms with Crippen molar-refractivity contribution in [3.8, 4) is 0 Å². The summed E-state index contributed by atoms with van der Waals surface area (Å²) >= 11 is 0. The average Bonchev–Trinajstić information content (AvgIpc) is 3.03. The standard InChI is InChI=1S/C31H32N4O3/c36-29-27(19-23-7-3-1-4-8-23)34(21-25-11-15-32-16-12-25)31(38)35(22-26-13-17-33-18-14-26)28(30(29)37)20-24-9-5-2-6-10-24/h1-18,27-30,36-37H,19-22H2/t27-,28-,29+,30+/m1/s1. The van der Waals surface area contributed by atoms with Crippen LogP contribution >= 0.6 is 0 Å². The van der Waals surface area contributed by atoms with Crippen molar-refractivity contribution in [2.45, 2.75) is 50.2 Å². The molecular formula is C31H32N4O3. The van der Waals surface area contributed by atoms with Crippen molar-refractivity contribution in [2.75, 3.05) is 0 Å². The summed E-state index contributed by atoms with van der Waals surface area (Å²) in [5, 5.41) is 23.4. The average molecular weight is 509 g/mol. The predicted octanol–water partition coefficient (Wildman–Crippen LogP) is 3.86. The van der Waals surface area contributed by atoms with Crippen LogP contribution in [0.25, 0.3) is 0 Å². The summed E-state index contributed by atoms with van der Waals surface area (Å²) in [5.74, 6) is 0. The Morgan fingerprint density at radius 3 is 1.29 bits per heavy atom. The molecule has 0 aliphatic carbocycles. The number of carbonyl (C=O) groups is 1. The van der Waals surface area contributed by atoms with Gasteiger partial charge in [0, 0.05) is 37.9 Å². The van der Waals surface area contributed by atoms with Crippen LogP contribution in [-0.4, -0.2) is 60.3 Å². The van der Waals surface area contributed by atoms with E-state index in [9.17, 15) is 15.0 Å². The van der Waals surface area contributed by atoms with Gasteiger partial charge in [0.25, 0.3) is 0 Å². The Balaban J connectivity index is 1.57. The minimum Gasteiger partial charge on any atom is -0.388 e. The lowest BCUT2D eigenvalue weighted by Gasteiger charge is -2.35. The first-order chi connectivity index (χ1) is 18.6. The second kappa shape index (κ2) is 12.0. The van der Waals surface area contributed by atoms with Crippen LogP contribution in [0.4, 0.5) is 4.79 Å². The van der Waals surface area contributed by atoms with Crippen molar-refractivity contribution in [3.05, 3.63) is 132 Å². The lowest BCUT2D eigenvalue weighted by Crippen LogP contribution is -2.50. The van der Waals surface area contributed by atoms with Crippen molar-refractivity contribution in [3.63, 3.8) is 0 Å². The van der Waals surface area contributed by atoms with E-state index in [-0.39, 0.29) is 19.1 Å². The number of urea groups is 1. The number of aliphatic hydroxyl groups excluding tert-OH is 2. The molecule has 1 fully saturated rings. The predicted molar refractivity (Wildman–Crippen MR) is 145 cm³/mol. The van der Waals surface area contributed by atoms with Gasteiger partial charge in [-0.1, -0.05) is 60.7 Å². The molecule has 2 amide bonds. The zero-order valence-corrected chi connectivity index (χ0v) is 21.1. The first-order valence-corrected chi connectivity index (χ1v) is 12.9. The van der Waals surface area contributed by atoms with Gasteiger partial charge in [-0.15, -0.1) is 0 Å². The van der Waals surface area contributed by atoms with Gasteiger partial charge >= 0.3 is 6.03 Å². The molecule has 2 N–H and O–H groups in total. The number of nitrogens with zero attached hydrogens (tertiary/aromatic N) is 4. The van der Waals surface area contributed by atoms with Crippen LogP contribution in [0.1, 0.15) is 22.3 Å². The molecule has 2 aromatic heterocycles. The van der Waals surface area contributed by atoms with Gasteiger partial charge in [0.1, 0.15) is 12.2 Å². The van der Waals surface area contributed by atoms with E-state index in [4.69, 9.17) is 0 Å². The molecule has 7 nitrogen and oxygen atoms in total. The van der Waals surface area contributed by atoms with Gasteiger partial charge in [0.05, 0.1) is 12.1 Å². The summed E-state index contributed by atoms with van der Waals surface area (Å²) in [6.07, 6.45) is 5.30. The second-order valence-electron chi connectivity index (χ2n) is 9.74. The Hall–Kier alpha value is -4.07. The number of pyridine rings is 2. The van der Waals surface area contributed by atoms with E-state index < -0.39 is 24.3 Å². The molecule has 0 spiro atoms. The Kier molecular flexibility index (Phi) is 8.06. The first kappa shape index (κ1) is 25.6. The molecule has 2 aromatic carbocycles. The molecule has 1 aliphatic heterocycles. The van der Waals surface area contributed by atoms with Gasteiger partial charge in [-0.25, -0.2) is 4.79 Å². The Morgan fingerprint density at radius 1 is 0.553 bits per heavy atom. The molecule has 4 aromatic rings. The van der Waals surface area contributed by atoms with E-state index in [1.807, 2.05) is 84.9 Å². The van der Waals surface area contributed by atoms with Gasteiger partial charge in [-0.05, 0) is 59.4 Å². The van der Waals surface area contributed by atoms with E-state index in [0.717, 1.165) is 22.3 Å². The number of amides is 2. The van der Waals surface area contributed by atoms with Crippen LogP contribution in [-0.2, 0) is 25.9 Å².